The monoisotopic (exact) mass is 375 g/mol. The maximum atomic E-state index is 13.0. The predicted molar refractivity (Wildman–Crippen MR) is 101 cm³/mol. The number of rotatable bonds is 4. The summed E-state index contributed by atoms with van der Waals surface area (Å²) in [5.41, 5.74) is 2.60. The Morgan fingerprint density at radius 1 is 1.07 bits per heavy atom. The molecular weight excluding hydrogens is 346 g/mol. The minimum absolute atomic E-state index is 0.0192. The van der Waals surface area contributed by atoms with Gasteiger partial charge in [0.25, 0.3) is 5.91 Å². The zero-order valence-corrected chi connectivity index (χ0v) is 16.4. The van der Waals surface area contributed by atoms with Crippen LogP contribution in [0.3, 0.4) is 0 Å². The standard InChI is InChI=1S/C20H29N3O4/c1-12-17(13(2)21-18(12)14(3)24)19(25)22-9-6-16(7-10-22)23-8-4-5-15(11-23)20(26)27/h15-16,21H,4-11H2,1-3H3,(H,26,27)/t15-/m0/s1. The largest absolute Gasteiger partial charge is 0.481 e. The molecule has 148 valence electrons. The average Bonchev–Trinajstić information content (AvgIpc) is 2.96. The number of carbonyl (C=O) groups is 3. The van der Waals surface area contributed by atoms with E-state index in [2.05, 4.69) is 9.88 Å². The van der Waals surface area contributed by atoms with Gasteiger partial charge < -0.3 is 15.0 Å². The van der Waals surface area contributed by atoms with Crippen LogP contribution in [0.2, 0.25) is 0 Å². The second kappa shape index (κ2) is 7.84. The number of H-pyrrole nitrogens is 1. The van der Waals surface area contributed by atoms with Gasteiger partial charge in [0, 0.05) is 38.3 Å². The van der Waals surface area contributed by atoms with E-state index in [0.29, 0.717) is 36.9 Å². The summed E-state index contributed by atoms with van der Waals surface area (Å²) < 4.78 is 0. The summed E-state index contributed by atoms with van der Waals surface area (Å²) in [5.74, 6) is -1.05. The quantitative estimate of drug-likeness (QED) is 0.787. The highest BCUT2D eigenvalue weighted by Gasteiger charge is 2.33. The van der Waals surface area contributed by atoms with Gasteiger partial charge in [-0.1, -0.05) is 0 Å². The van der Waals surface area contributed by atoms with Crippen LogP contribution in [0.4, 0.5) is 0 Å². The minimum Gasteiger partial charge on any atom is -0.481 e. The number of hydrogen-bond acceptors (Lipinski definition) is 4. The van der Waals surface area contributed by atoms with Crippen molar-refractivity contribution in [1.29, 1.82) is 0 Å². The van der Waals surface area contributed by atoms with Crippen molar-refractivity contribution in [3.8, 4) is 0 Å². The number of aromatic nitrogens is 1. The van der Waals surface area contributed by atoms with Crippen LogP contribution < -0.4 is 0 Å². The second-order valence-electron chi connectivity index (χ2n) is 7.88. The number of amides is 1. The van der Waals surface area contributed by atoms with Crippen LogP contribution in [-0.4, -0.2) is 69.8 Å². The van der Waals surface area contributed by atoms with E-state index >= 15 is 0 Å². The normalized spacial score (nSPS) is 22.0. The molecule has 0 radical (unpaired) electrons. The molecular formula is C20H29N3O4. The van der Waals surface area contributed by atoms with E-state index in [1.807, 2.05) is 18.7 Å². The van der Waals surface area contributed by atoms with Crippen molar-refractivity contribution in [2.24, 2.45) is 5.92 Å². The van der Waals surface area contributed by atoms with Crippen LogP contribution in [0.1, 0.15) is 64.7 Å². The van der Waals surface area contributed by atoms with Crippen molar-refractivity contribution in [3.05, 3.63) is 22.5 Å². The van der Waals surface area contributed by atoms with Crippen LogP contribution in [0.25, 0.3) is 0 Å². The number of piperidine rings is 2. The number of ketones is 1. The molecule has 0 spiro atoms. The predicted octanol–water partition coefficient (Wildman–Crippen LogP) is 2.24. The number of Topliss-reactive ketones (excluding diaryl/α,β-unsaturated/α-hetero) is 1. The van der Waals surface area contributed by atoms with E-state index in [9.17, 15) is 19.5 Å². The molecule has 2 N–H and O–H groups in total. The summed E-state index contributed by atoms with van der Waals surface area (Å²) in [6.45, 7) is 8.04. The molecule has 27 heavy (non-hydrogen) atoms. The Kier molecular flexibility index (Phi) is 5.69. The van der Waals surface area contributed by atoms with Gasteiger partial charge in [0.2, 0.25) is 0 Å². The fourth-order valence-corrected chi connectivity index (χ4v) is 4.55. The molecule has 7 nitrogen and oxygen atoms in total. The molecule has 1 amide bonds. The molecule has 3 heterocycles. The molecule has 2 saturated heterocycles. The highest BCUT2D eigenvalue weighted by atomic mass is 16.4. The molecule has 1 aromatic heterocycles. The number of carboxylic acids is 1. The van der Waals surface area contributed by atoms with Gasteiger partial charge in [-0.25, -0.2) is 0 Å². The molecule has 3 rings (SSSR count). The van der Waals surface area contributed by atoms with Crippen molar-refractivity contribution < 1.29 is 19.5 Å². The van der Waals surface area contributed by atoms with Crippen molar-refractivity contribution in [2.75, 3.05) is 26.2 Å². The number of hydrogen-bond donors (Lipinski definition) is 2. The van der Waals surface area contributed by atoms with Gasteiger partial charge in [-0.2, -0.15) is 0 Å². The molecule has 0 saturated carbocycles. The molecule has 0 aliphatic carbocycles. The van der Waals surface area contributed by atoms with E-state index in [1.54, 1.807) is 0 Å². The Hall–Kier alpha value is -2.15. The number of carboxylic acid groups (broad SMARTS) is 1. The molecule has 2 fully saturated rings. The third-order valence-electron chi connectivity index (χ3n) is 6.07. The maximum Gasteiger partial charge on any atom is 0.307 e. The van der Waals surface area contributed by atoms with Gasteiger partial charge in [0.1, 0.15) is 0 Å². The van der Waals surface area contributed by atoms with Gasteiger partial charge in [-0.05, 0) is 51.6 Å². The summed E-state index contributed by atoms with van der Waals surface area (Å²) in [4.78, 5) is 43.2. The van der Waals surface area contributed by atoms with Crippen LogP contribution in [-0.2, 0) is 4.79 Å². The first-order valence-corrected chi connectivity index (χ1v) is 9.75. The van der Waals surface area contributed by atoms with Crippen molar-refractivity contribution in [3.63, 3.8) is 0 Å². The third kappa shape index (κ3) is 3.93. The Bertz CT molecular complexity index is 747. The zero-order valence-electron chi connectivity index (χ0n) is 16.4. The lowest BCUT2D eigenvalue weighted by molar-refractivity contribution is -0.144. The molecule has 1 aromatic rings. The van der Waals surface area contributed by atoms with Crippen LogP contribution in [0, 0.1) is 19.8 Å². The molecule has 0 bridgehead atoms. The van der Waals surface area contributed by atoms with Gasteiger partial charge >= 0.3 is 5.97 Å². The first-order valence-electron chi connectivity index (χ1n) is 9.75. The summed E-state index contributed by atoms with van der Waals surface area (Å²) in [7, 11) is 0. The Morgan fingerprint density at radius 3 is 2.30 bits per heavy atom. The highest BCUT2D eigenvalue weighted by molar-refractivity contribution is 6.02. The number of aryl methyl sites for hydroxylation is 1. The molecule has 2 aliphatic rings. The molecule has 2 aliphatic heterocycles. The van der Waals surface area contributed by atoms with Crippen LogP contribution >= 0.6 is 0 Å². The van der Waals surface area contributed by atoms with Gasteiger partial charge in [0.05, 0.1) is 17.2 Å². The number of nitrogens with zero attached hydrogens (tertiary/aromatic N) is 2. The number of likely N-dealkylation sites (tertiary alicyclic amines) is 2. The minimum atomic E-state index is -0.702. The Labute approximate surface area is 159 Å². The molecule has 0 aromatic carbocycles. The van der Waals surface area contributed by atoms with Crippen molar-refractivity contribution >= 4 is 17.7 Å². The Balaban J connectivity index is 1.63. The SMILES string of the molecule is CC(=O)c1[nH]c(C)c(C(=O)N2CCC(N3CCC[C@H](C(=O)O)C3)CC2)c1C. The molecule has 7 heteroatoms. The summed E-state index contributed by atoms with van der Waals surface area (Å²) in [5, 5.41) is 9.28. The lowest BCUT2D eigenvalue weighted by Crippen LogP contribution is -2.50. The summed E-state index contributed by atoms with van der Waals surface area (Å²) in [6.07, 6.45) is 3.40. The van der Waals surface area contributed by atoms with Crippen molar-refractivity contribution in [2.45, 2.75) is 52.5 Å². The lowest BCUT2D eigenvalue weighted by Gasteiger charge is -2.41. The van der Waals surface area contributed by atoms with Gasteiger partial charge in [-0.3, -0.25) is 19.3 Å². The fourth-order valence-electron chi connectivity index (χ4n) is 4.55. The third-order valence-corrected chi connectivity index (χ3v) is 6.07. The first-order chi connectivity index (χ1) is 12.8. The van der Waals surface area contributed by atoms with E-state index in [1.165, 1.54) is 6.92 Å². The van der Waals surface area contributed by atoms with Gasteiger partial charge in [0.15, 0.2) is 5.78 Å². The first kappa shape index (κ1) is 19.6. The maximum absolute atomic E-state index is 13.0. The average molecular weight is 375 g/mol. The zero-order chi connectivity index (χ0) is 19.7. The van der Waals surface area contributed by atoms with Crippen LogP contribution in [0.15, 0.2) is 0 Å². The second-order valence-corrected chi connectivity index (χ2v) is 7.88. The number of nitrogens with one attached hydrogen (secondary N) is 1. The number of carbonyl (C=O) groups excluding carboxylic acids is 2. The topological polar surface area (TPSA) is 93.7 Å². The number of aliphatic carboxylic acids is 1. The Morgan fingerprint density at radius 2 is 1.74 bits per heavy atom. The number of aromatic amines is 1. The summed E-state index contributed by atoms with van der Waals surface area (Å²) in [6, 6.07) is 0.345. The summed E-state index contributed by atoms with van der Waals surface area (Å²) >= 11 is 0. The van der Waals surface area contributed by atoms with E-state index in [-0.39, 0.29) is 17.6 Å². The van der Waals surface area contributed by atoms with Crippen LogP contribution in [0.5, 0.6) is 0 Å². The van der Waals surface area contributed by atoms with E-state index in [0.717, 1.165) is 43.5 Å². The lowest BCUT2D eigenvalue weighted by atomic mass is 9.93. The molecule has 1 atom stereocenters. The fraction of sp³-hybridized carbons (Fsp3) is 0.650. The van der Waals surface area contributed by atoms with E-state index < -0.39 is 5.97 Å². The smallest absolute Gasteiger partial charge is 0.307 e. The van der Waals surface area contributed by atoms with Crippen molar-refractivity contribution in [1.82, 2.24) is 14.8 Å². The van der Waals surface area contributed by atoms with E-state index in [4.69, 9.17) is 0 Å². The van der Waals surface area contributed by atoms with Gasteiger partial charge in [-0.15, -0.1) is 0 Å². The molecule has 0 unspecified atom stereocenters. The highest BCUT2D eigenvalue weighted by Crippen LogP contribution is 2.26.